The van der Waals surface area contributed by atoms with E-state index in [1.807, 2.05) is 6.07 Å². The van der Waals surface area contributed by atoms with E-state index in [0.717, 1.165) is 18.3 Å². The number of nitriles is 1. The van der Waals surface area contributed by atoms with E-state index < -0.39 is 35.0 Å². The molecule has 37 heavy (non-hydrogen) atoms. The van der Waals surface area contributed by atoms with Gasteiger partial charge < -0.3 is 10.2 Å². The highest BCUT2D eigenvalue weighted by Crippen LogP contribution is 2.41. The normalized spacial score (nSPS) is 19.3. The summed E-state index contributed by atoms with van der Waals surface area (Å²) in [4.78, 5) is 32.3. The second kappa shape index (κ2) is 10.1. The van der Waals surface area contributed by atoms with E-state index in [-0.39, 0.29) is 22.7 Å². The van der Waals surface area contributed by atoms with Gasteiger partial charge in [0.05, 0.1) is 27.2 Å². The fourth-order valence-electron chi connectivity index (χ4n) is 4.57. The van der Waals surface area contributed by atoms with Crippen molar-refractivity contribution < 1.29 is 22.8 Å². The zero-order valence-electron chi connectivity index (χ0n) is 19.3. The number of ketones is 1. The van der Waals surface area contributed by atoms with Crippen LogP contribution in [0.1, 0.15) is 43.5 Å². The van der Waals surface area contributed by atoms with Crippen LogP contribution in [0.4, 0.5) is 13.2 Å². The van der Waals surface area contributed by atoms with Gasteiger partial charge in [0.15, 0.2) is 5.78 Å². The lowest BCUT2D eigenvalue weighted by molar-refractivity contribution is -0.141. The monoisotopic (exact) mass is 546 g/mol. The Morgan fingerprint density at radius 1 is 1.08 bits per heavy atom. The Morgan fingerprint density at radius 2 is 1.76 bits per heavy atom. The van der Waals surface area contributed by atoms with Crippen LogP contribution in [0.25, 0.3) is 0 Å². The highest BCUT2D eigenvalue weighted by molar-refractivity contribution is 6.42. The first-order valence-electron chi connectivity index (χ1n) is 11.0. The molecule has 1 saturated heterocycles. The number of nitrogens with one attached hydrogen (secondary N) is 1. The standard InChI is InChI=1S/C26H19Cl2F3N4O2/c1-35(24(37)18-7-9-22(34-12-18)26(29,30)31)25(23(36)16-4-2-15(11-32)3-5-16)14-33-13-19(25)17-6-8-20(27)21(28)10-17/h2-10,12,19,33H,13-14H2,1H3/t19-,25+/m0/s1. The number of carbonyl (C=O) groups is 2. The summed E-state index contributed by atoms with van der Waals surface area (Å²) in [6, 6.07) is 14.7. The molecule has 190 valence electrons. The zero-order chi connectivity index (χ0) is 27.0. The van der Waals surface area contributed by atoms with Gasteiger partial charge in [-0.1, -0.05) is 41.4 Å². The molecule has 0 spiro atoms. The van der Waals surface area contributed by atoms with E-state index in [1.165, 1.54) is 36.2 Å². The van der Waals surface area contributed by atoms with Crippen molar-refractivity contribution in [1.82, 2.24) is 15.2 Å². The number of hydrogen-bond acceptors (Lipinski definition) is 5. The number of rotatable bonds is 5. The Bertz CT molecular complexity index is 1390. The third-order valence-corrected chi connectivity index (χ3v) is 7.28. The Hall–Kier alpha value is -3.45. The van der Waals surface area contributed by atoms with Crippen LogP contribution in [-0.2, 0) is 6.18 Å². The van der Waals surface area contributed by atoms with E-state index in [2.05, 4.69) is 10.3 Å². The van der Waals surface area contributed by atoms with Gasteiger partial charge in [-0.05, 0) is 42.0 Å². The maximum atomic E-state index is 14.1. The van der Waals surface area contributed by atoms with Crippen LogP contribution in [-0.4, -0.2) is 47.3 Å². The van der Waals surface area contributed by atoms with Crippen LogP contribution >= 0.6 is 23.2 Å². The van der Waals surface area contributed by atoms with Crippen molar-refractivity contribution in [2.24, 2.45) is 0 Å². The van der Waals surface area contributed by atoms with Crippen LogP contribution in [0.2, 0.25) is 10.0 Å². The molecule has 4 rings (SSSR count). The van der Waals surface area contributed by atoms with Gasteiger partial charge >= 0.3 is 6.18 Å². The molecule has 1 aromatic heterocycles. The zero-order valence-corrected chi connectivity index (χ0v) is 20.8. The van der Waals surface area contributed by atoms with Crippen molar-refractivity contribution in [3.05, 3.63) is 98.8 Å². The lowest BCUT2D eigenvalue weighted by Gasteiger charge is -2.41. The smallest absolute Gasteiger partial charge is 0.327 e. The minimum atomic E-state index is -4.66. The molecule has 11 heteroatoms. The summed E-state index contributed by atoms with van der Waals surface area (Å²) in [6.07, 6.45) is -3.81. The third-order valence-electron chi connectivity index (χ3n) is 6.54. The SMILES string of the molecule is CN(C(=O)c1ccc(C(F)(F)F)nc1)[C@]1(C(=O)c2ccc(C#N)cc2)CNC[C@H]1c1ccc(Cl)c(Cl)c1. The fraction of sp³-hybridized carbons (Fsp3) is 0.231. The summed E-state index contributed by atoms with van der Waals surface area (Å²) in [5.41, 5.74) is -1.46. The molecule has 0 radical (unpaired) electrons. The van der Waals surface area contributed by atoms with Crippen LogP contribution in [0.3, 0.4) is 0 Å². The van der Waals surface area contributed by atoms with E-state index >= 15 is 0 Å². The molecule has 1 aliphatic heterocycles. The number of carbonyl (C=O) groups excluding carboxylic acids is 2. The first kappa shape index (κ1) is 26.6. The first-order valence-corrected chi connectivity index (χ1v) is 11.8. The molecule has 2 heterocycles. The van der Waals surface area contributed by atoms with Crippen molar-refractivity contribution >= 4 is 34.9 Å². The van der Waals surface area contributed by atoms with Crippen LogP contribution in [0.15, 0.2) is 60.8 Å². The number of pyridine rings is 1. The molecule has 0 unspecified atom stereocenters. The maximum absolute atomic E-state index is 14.1. The second-order valence-electron chi connectivity index (χ2n) is 8.59. The van der Waals surface area contributed by atoms with Gasteiger partial charge in [0, 0.05) is 37.8 Å². The number of hydrogen-bond donors (Lipinski definition) is 1. The third kappa shape index (κ3) is 4.92. The molecule has 1 amide bonds. The molecule has 0 aliphatic carbocycles. The predicted octanol–water partition coefficient (Wildman–Crippen LogP) is 5.36. The number of benzene rings is 2. The predicted molar refractivity (Wildman–Crippen MR) is 132 cm³/mol. The van der Waals surface area contributed by atoms with Crippen molar-refractivity contribution in [2.45, 2.75) is 17.6 Å². The molecule has 1 N–H and O–H groups in total. The van der Waals surface area contributed by atoms with Crippen LogP contribution < -0.4 is 5.32 Å². The molecule has 0 bridgehead atoms. The molecule has 0 saturated carbocycles. The van der Waals surface area contributed by atoms with Crippen LogP contribution in [0.5, 0.6) is 0 Å². The quantitative estimate of drug-likeness (QED) is 0.435. The lowest BCUT2D eigenvalue weighted by Crippen LogP contribution is -2.59. The Morgan fingerprint density at radius 3 is 2.32 bits per heavy atom. The Balaban J connectivity index is 1.81. The lowest BCUT2D eigenvalue weighted by atomic mass is 9.75. The highest BCUT2D eigenvalue weighted by Gasteiger charge is 2.54. The summed E-state index contributed by atoms with van der Waals surface area (Å²) in [6.45, 7) is 0.371. The second-order valence-corrected chi connectivity index (χ2v) is 9.41. The van der Waals surface area contributed by atoms with Crippen molar-refractivity contribution in [1.29, 1.82) is 5.26 Å². The molecular weight excluding hydrogens is 528 g/mol. The van der Waals surface area contributed by atoms with Gasteiger partial charge in [-0.25, -0.2) is 0 Å². The summed E-state index contributed by atoms with van der Waals surface area (Å²) in [5, 5.41) is 12.9. The maximum Gasteiger partial charge on any atom is 0.433 e. The van der Waals surface area contributed by atoms with E-state index in [9.17, 15) is 22.8 Å². The summed E-state index contributed by atoms with van der Waals surface area (Å²) in [5.74, 6) is -1.67. The Kier molecular flexibility index (Phi) is 7.29. The van der Waals surface area contributed by atoms with Gasteiger partial charge in [-0.3, -0.25) is 14.6 Å². The molecule has 6 nitrogen and oxygen atoms in total. The fourth-order valence-corrected chi connectivity index (χ4v) is 4.88. The molecule has 2 aromatic carbocycles. The Labute approximate surface area is 220 Å². The van der Waals surface area contributed by atoms with Gasteiger partial charge in [-0.2, -0.15) is 18.4 Å². The largest absolute Gasteiger partial charge is 0.433 e. The average molecular weight is 547 g/mol. The van der Waals surface area contributed by atoms with Crippen molar-refractivity contribution in [2.75, 3.05) is 20.1 Å². The highest BCUT2D eigenvalue weighted by atomic mass is 35.5. The van der Waals surface area contributed by atoms with Crippen LogP contribution in [0, 0.1) is 11.3 Å². The summed E-state index contributed by atoms with van der Waals surface area (Å²) < 4.78 is 38.9. The van der Waals surface area contributed by atoms with Crippen molar-refractivity contribution in [3.8, 4) is 6.07 Å². The number of amides is 1. The average Bonchev–Trinajstić information content (AvgIpc) is 3.34. The van der Waals surface area contributed by atoms with E-state index in [4.69, 9.17) is 28.5 Å². The van der Waals surface area contributed by atoms with E-state index in [0.29, 0.717) is 22.7 Å². The van der Waals surface area contributed by atoms with Gasteiger partial charge in [0.2, 0.25) is 0 Å². The molecule has 1 aliphatic rings. The molecule has 2 atom stereocenters. The first-order chi connectivity index (χ1) is 17.5. The summed E-state index contributed by atoms with van der Waals surface area (Å²) >= 11 is 12.3. The minimum absolute atomic E-state index is 0.0625. The topological polar surface area (TPSA) is 86.1 Å². The number of alkyl halides is 3. The number of nitrogens with zero attached hydrogens (tertiary/aromatic N) is 3. The van der Waals surface area contributed by atoms with Gasteiger partial charge in [0.1, 0.15) is 11.2 Å². The molecular formula is C26H19Cl2F3N4O2. The minimum Gasteiger partial charge on any atom is -0.327 e. The van der Waals surface area contributed by atoms with E-state index in [1.54, 1.807) is 18.2 Å². The molecule has 3 aromatic rings. The van der Waals surface area contributed by atoms with Gasteiger partial charge in [0.25, 0.3) is 5.91 Å². The summed E-state index contributed by atoms with van der Waals surface area (Å²) in [7, 11) is 1.43. The number of Topliss-reactive ketones (excluding diaryl/α,β-unsaturated/α-hetero) is 1. The van der Waals surface area contributed by atoms with Gasteiger partial charge in [-0.15, -0.1) is 0 Å². The molecule has 1 fully saturated rings. The van der Waals surface area contributed by atoms with Crippen molar-refractivity contribution in [3.63, 3.8) is 0 Å². The number of aromatic nitrogens is 1. The number of halogens is 5. The number of likely N-dealkylation sites (N-methyl/N-ethyl adjacent to an activating group) is 1.